The van der Waals surface area contributed by atoms with E-state index in [2.05, 4.69) is 17.7 Å². The standard InChI is InChI=1S/C10H16N.C2H6/c1-4-10(11(3)5-2)9-7-6-8-9;1-2/h4-5,9H,1-2,6-8H2,3H3;1-2H3/q+1;. The molecule has 0 amide bonds. The largest absolute Gasteiger partial charge is 0.205 e. The summed E-state index contributed by atoms with van der Waals surface area (Å²) < 4.78 is 2.07. The number of nitrogens with zero attached hydrogens (tertiary/aromatic N) is 1. The molecule has 0 spiro atoms. The Labute approximate surface area is 82.5 Å². The molecule has 1 heteroatoms. The first kappa shape index (κ1) is 12.2. The summed E-state index contributed by atoms with van der Waals surface area (Å²) in [6, 6.07) is 0. The first-order valence-electron chi connectivity index (χ1n) is 5.14. The van der Waals surface area contributed by atoms with Crippen LogP contribution in [-0.2, 0) is 0 Å². The summed E-state index contributed by atoms with van der Waals surface area (Å²) in [4.78, 5) is 0. The molecule has 0 bridgehead atoms. The second kappa shape index (κ2) is 6.64. The van der Waals surface area contributed by atoms with Crippen molar-refractivity contribution in [1.29, 1.82) is 0 Å². The van der Waals surface area contributed by atoms with Crippen molar-refractivity contribution in [1.82, 2.24) is 0 Å². The van der Waals surface area contributed by atoms with E-state index in [-0.39, 0.29) is 0 Å². The Morgan fingerprint density at radius 1 is 1.31 bits per heavy atom. The molecular formula is C12H22N+. The molecule has 0 atom stereocenters. The number of hydrogen-bond donors (Lipinski definition) is 0. The van der Waals surface area contributed by atoms with E-state index in [0.717, 1.165) is 5.92 Å². The molecule has 0 unspecified atom stereocenters. The molecule has 1 fully saturated rings. The van der Waals surface area contributed by atoms with Crippen LogP contribution >= 0.6 is 0 Å². The van der Waals surface area contributed by atoms with Gasteiger partial charge in [0.15, 0.2) is 11.9 Å². The molecular weight excluding hydrogens is 158 g/mol. The summed E-state index contributed by atoms with van der Waals surface area (Å²) >= 11 is 0. The molecule has 13 heavy (non-hydrogen) atoms. The molecule has 1 nitrogen and oxygen atoms in total. The number of rotatable bonds is 3. The van der Waals surface area contributed by atoms with Crippen molar-refractivity contribution >= 4 is 5.71 Å². The van der Waals surface area contributed by atoms with Gasteiger partial charge in [0.25, 0.3) is 0 Å². The average molecular weight is 180 g/mol. The van der Waals surface area contributed by atoms with E-state index in [9.17, 15) is 0 Å². The molecule has 0 N–H and O–H groups in total. The quantitative estimate of drug-likeness (QED) is 0.463. The lowest BCUT2D eigenvalue weighted by Gasteiger charge is -2.22. The Hall–Kier alpha value is -0.850. The highest BCUT2D eigenvalue weighted by Crippen LogP contribution is 2.27. The fourth-order valence-corrected chi connectivity index (χ4v) is 1.41. The molecule has 1 aliphatic carbocycles. The molecule has 0 radical (unpaired) electrons. The highest BCUT2D eigenvalue weighted by Gasteiger charge is 2.26. The van der Waals surface area contributed by atoms with Crippen LogP contribution in [-0.4, -0.2) is 17.3 Å². The van der Waals surface area contributed by atoms with Crippen LogP contribution in [0.15, 0.2) is 25.4 Å². The van der Waals surface area contributed by atoms with Crippen molar-refractivity contribution in [3.05, 3.63) is 25.4 Å². The van der Waals surface area contributed by atoms with E-state index in [1.54, 1.807) is 0 Å². The summed E-state index contributed by atoms with van der Waals surface area (Å²) in [5.41, 5.74) is 1.33. The Bertz CT molecular complexity index is 197. The summed E-state index contributed by atoms with van der Waals surface area (Å²) in [6.45, 7) is 11.5. The number of hydrogen-bond acceptors (Lipinski definition) is 0. The first-order valence-corrected chi connectivity index (χ1v) is 5.14. The van der Waals surface area contributed by atoms with Gasteiger partial charge in [-0.3, -0.25) is 0 Å². The molecule has 74 valence electrons. The van der Waals surface area contributed by atoms with Gasteiger partial charge < -0.3 is 0 Å². The summed E-state index contributed by atoms with van der Waals surface area (Å²) in [5, 5.41) is 0. The molecule has 0 aliphatic heterocycles. The molecule has 0 aromatic carbocycles. The second-order valence-electron chi connectivity index (χ2n) is 3.05. The van der Waals surface area contributed by atoms with Crippen molar-refractivity contribution in [2.75, 3.05) is 7.05 Å². The van der Waals surface area contributed by atoms with Gasteiger partial charge in [-0.2, -0.15) is 0 Å². The lowest BCUT2D eigenvalue weighted by atomic mass is 9.81. The van der Waals surface area contributed by atoms with Gasteiger partial charge in [0, 0.05) is 5.92 Å². The predicted octanol–water partition coefficient (Wildman–Crippen LogP) is 3.23. The van der Waals surface area contributed by atoms with Gasteiger partial charge in [0.2, 0.25) is 0 Å². The molecule has 1 saturated carbocycles. The highest BCUT2D eigenvalue weighted by atomic mass is 15.0. The van der Waals surface area contributed by atoms with E-state index in [1.807, 2.05) is 33.2 Å². The molecule has 0 saturated heterocycles. The Balaban J connectivity index is 0.000000671. The minimum Gasteiger partial charge on any atom is -0.205 e. The fourth-order valence-electron chi connectivity index (χ4n) is 1.41. The molecule has 1 rings (SSSR count). The Morgan fingerprint density at radius 2 is 1.85 bits per heavy atom. The zero-order chi connectivity index (χ0) is 10.3. The third kappa shape index (κ3) is 3.17. The van der Waals surface area contributed by atoms with Crippen molar-refractivity contribution < 1.29 is 4.58 Å². The zero-order valence-electron chi connectivity index (χ0n) is 9.21. The maximum Gasteiger partial charge on any atom is 0.183 e. The number of allylic oxidation sites excluding steroid dienone is 1. The third-order valence-corrected chi connectivity index (χ3v) is 2.41. The maximum atomic E-state index is 3.81. The molecule has 0 aromatic rings. The van der Waals surface area contributed by atoms with E-state index in [1.165, 1.54) is 25.0 Å². The van der Waals surface area contributed by atoms with Crippen LogP contribution in [0.25, 0.3) is 0 Å². The van der Waals surface area contributed by atoms with E-state index >= 15 is 0 Å². The second-order valence-corrected chi connectivity index (χ2v) is 3.05. The van der Waals surface area contributed by atoms with Crippen molar-refractivity contribution in [3.8, 4) is 0 Å². The topological polar surface area (TPSA) is 3.01 Å². The minimum absolute atomic E-state index is 0.746. The zero-order valence-corrected chi connectivity index (χ0v) is 9.21. The lowest BCUT2D eigenvalue weighted by Crippen LogP contribution is -2.26. The van der Waals surface area contributed by atoms with Crippen LogP contribution in [0.2, 0.25) is 0 Å². The van der Waals surface area contributed by atoms with E-state index in [4.69, 9.17) is 0 Å². The normalized spacial score (nSPS) is 17.5. The van der Waals surface area contributed by atoms with Crippen LogP contribution in [0, 0.1) is 5.92 Å². The van der Waals surface area contributed by atoms with Gasteiger partial charge in [0.1, 0.15) is 7.05 Å². The molecule has 1 aliphatic rings. The monoisotopic (exact) mass is 180 g/mol. The van der Waals surface area contributed by atoms with Gasteiger partial charge in [-0.1, -0.05) is 26.8 Å². The third-order valence-electron chi connectivity index (χ3n) is 2.41. The summed E-state index contributed by atoms with van der Waals surface area (Å²) in [6.07, 6.45) is 7.80. The molecule has 0 heterocycles. The van der Waals surface area contributed by atoms with Gasteiger partial charge in [-0.15, -0.1) is 0 Å². The van der Waals surface area contributed by atoms with E-state index < -0.39 is 0 Å². The van der Waals surface area contributed by atoms with Crippen LogP contribution in [0.3, 0.4) is 0 Å². The van der Waals surface area contributed by atoms with Gasteiger partial charge in [-0.05, 0) is 25.5 Å². The van der Waals surface area contributed by atoms with Crippen molar-refractivity contribution in [3.63, 3.8) is 0 Å². The molecule has 0 aromatic heterocycles. The maximum absolute atomic E-state index is 3.81. The van der Waals surface area contributed by atoms with Crippen molar-refractivity contribution in [2.45, 2.75) is 33.1 Å². The smallest absolute Gasteiger partial charge is 0.183 e. The van der Waals surface area contributed by atoms with Gasteiger partial charge in [-0.25, -0.2) is 4.58 Å². The van der Waals surface area contributed by atoms with Crippen LogP contribution in [0.1, 0.15) is 33.1 Å². The minimum atomic E-state index is 0.746. The van der Waals surface area contributed by atoms with Crippen molar-refractivity contribution in [2.24, 2.45) is 5.92 Å². The summed E-state index contributed by atoms with van der Waals surface area (Å²) in [7, 11) is 2.03. The van der Waals surface area contributed by atoms with Gasteiger partial charge >= 0.3 is 0 Å². The van der Waals surface area contributed by atoms with Gasteiger partial charge in [0.05, 0.1) is 0 Å². The Morgan fingerprint density at radius 3 is 2.08 bits per heavy atom. The van der Waals surface area contributed by atoms with Crippen LogP contribution < -0.4 is 0 Å². The SMILES string of the molecule is C=CC(C1CCC1)=[N+](C)C=C.CC. The van der Waals surface area contributed by atoms with Crippen LogP contribution in [0.4, 0.5) is 0 Å². The van der Waals surface area contributed by atoms with Crippen LogP contribution in [0.5, 0.6) is 0 Å². The Kier molecular flexibility index (Phi) is 6.21. The van der Waals surface area contributed by atoms with E-state index in [0.29, 0.717) is 0 Å². The average Bonchev–Trinajstić information content (AvgIpc) is 2.13. The highest BCUT2D eigenvalue weighted by molar-refractivity contribution is 5.92. The fraction of sp³-hybridized carbons (Fsp3) is 0.583. The summed E-state index contributed by atoms with van der Waals surface area (Å²) in [5.74, 6) is 0.746. The predicted molar refractivity (Wildman–Crippen MR) is 60.3 cm³/mol. The lowest BCUT2D eigenvalue weighted by molar-refractivity contribution is -0.424. The first-order chi connectivity index (χ1) is 6.29.